The SMILES string of the molecule is CC[CH][SiH](CCCC)OC. The van der Waals surface area contributed by atoms with Crippen molar-refractivity contribution in [1.82, 2.24) is 0 Å². The molecule has 0 aliphatic carbocycles. The average molecular weight is 159 g/mol. The third-order valence-electron chi connectivity index (χ3n) is 1.64. The molecule has 0 spiro atoms. The van der Waals surface area contributed by atoms with E-state index in [2.05, 4.69) is 19.9 Å². The highest BCUT2D eigenvalue weighted by molar-refractivity contribution is 6.55. The molecule has 0 amide bonds. The molecule has 0 aliphatic heterocycles. The van der Waals surface area contributed by atoms with Crippen LogP contribution in [0.4, 0.5) is 0 Å². The maximum Gasteiger partial charge on any atom is 0.179 e. The predicted molar refractivity (Wildman–Crippen MR) is 48.5 cm³/mol. The van der Waals surface area contributed by atoms with Crippen molar-refractivity contribution in [3.8, 4) is 0 Å². The Morgan fingerprint density at radius 1 is 1.40 bits per heavy atom. The predicted octanol–water partition coefficient (Wildman–Crippen LogP) is 2.31. The molecular weight excluding hydrogens is 140 g/mol. The lowest BCUT2D eigenvalue weighted by molar-refractivity contribution is 0.421. The van der Waals surface area contributed by atoms with Gasteiger partial charge in [-0.15, -0.1) is 0 Å². The van der Waals surface area contributed by atoms with Crippen LogP contribution in [0.15, 0.2) is 0 Å². The van der Waals surface area contributed by atoms with Crippen molar-refractivity contribution in [2.45, 2.75) is 39.2 Å². The third-order valence-corrected chi connectivity index (χ3v) is 4.22. The van der Waals surface area contributed by atoms with E-state index in [0.29, 0.717) is 0 Å². The molecule has 0 aromatic heterocycles. The van der Waals surface area contributed by atoms with E-state index in [4.69, 9.17) is 4.43 Å². The van der Waals surface area contributed by atoms with Crippen LogP contribution in [0.5, 0.6) is 0 Å². The summed E-state index contributed by atoms with van der Waals surface area (Å²) in [5.74, 6) is 0. The van der Waals surface area contributed by atoms with Crippen molar-refractivity contribution in [2.24, 2.45) is 0 Å². The summed E-state index contributed by atoms with van der Waals surface area (Å²) in [7, 11) is 0.990. The summed E-state index contributed by atoms with van der Waals surface area (Å²) in [4.78, 5) is 0. The van der Waals surface area contributed by atoms with Gasteiger partial charge in [0.25, 0.3) is 0 Å². The Morgan fingerprint density at radius 2 is 2.10 bits per heavy atom. The average Bonchev–Trinajstić information content (AvgIpc) is 1.98. The molecule has 1 atom stereocenters. The first kappa shape index (κ1) is 10.2. The van der Waals surface area contributed by atoms with E-state index in [1.807, 2.05) is 7.11 Å². The summed E-state index contributed by atoms with van der Waals surface area (Å²) in [5, 5.41) is 0. The van der Waals surface area contributed by atoms with Gasteiger partial charge in [-0.25, -0.2) is 0 Å². The maximum atomic E-state index is 5.38. The van der Waals surface area contributed by atoms with Gasteiger partial charge in [0.2, 0.25) is 0 Å². The summed E-state index contributed by atoms with van der Waals surface area (Å²) in [6.07, 6.45) is 3.81. The summed E-state index contributed by atoms with van der Waals surface area (Å²) < 4.78 is 5.38. The van der Waals surface area contributed by atoms with E-state index in [1.54, 1.807) is 0 Å². The molecule has 61 valence electrons. The minimum absolute atomic E-state index is 0.856. The van der Waals surface area contributed by atoms with Gasteiger partial charge in [-0.1, -0.05) is 33.1 Å². The molecule has 0 aromatic rings. The molecule has 0 heterocycles. The van der Waals surface area contributed by atoms with E-state index in [-0.39, 0.29) is 0 Å². The highest BCUT2D eigenvalue weighted by Crippen LogP contribution is 2.05. The van der Waals surface area contributed by atoms with E-state index < -0.39 is 9.04 Å². The highest BCUT2D eigenvalue weighted by Gasteiger charge is 2.06. The fourth-order valence-electron chi connectivity index (χ4n) is 1.00. The minimum Gasteiger partial charge on any atom is -0.423 e. The zero-order valence-electron chi connectivity index (χ0n) is 7.39. The molecule has 1 unspecified atom stereocenters. The summed E-state index contributed by atoms with van der Waals surface area (Å²) in [5.41, 5.74) is 0. The van der Waals surface area contributed by atoms with E-state index in [1.165, 1.54) is 25.3 Å². The minimum atomic E-state index is -0.856. The first-order valence-electron chi connectivity index (χ1n) is 4.21. The Kier molecular flexibility index (Phi) is 7.41. The third kappa shape index (κ3) is 5.00. The van der Waals surface area contributed by atoms with Gasteiger partial charge in [-0.05, 0) is 12.1 Å². The second-order valence-electron chi connectivity index (χ2n) is 2.56. The van der Waals surface area contributed by atoms with Crippen LogP contribution >= 0.6 is 0 Å². The van der Waals surface area contributed by atoms with Gasteiger partial charge in [0, 0.05) is 7.11 Å². The number of hydrogen-bond acceptors (Lipinski definition) is 1. The first-order valence-corrected chi connectivity index (χ1v) is 6.16. The maximum absolute atomic E-state index is 5.38. The van der Waals surface area contributed by atoms with Crippen LogP contribution < -0.4 is 0 Å². The lowest BCUT2D eigenvalue weighted by Crippen LogP contribution is -2.16. The topological polar surface area (TPSA) is 9.23 Å². The molecular formula is C8H19OSi. The molecule has 1 nitrogen and oxygen atoms in total. The molecule has 0 bridgehead atoms. The first-order chi connectivity index (χ1) is 4.85. The molecule has 10 heavy (non-hydrogen) atoms. The summed E-state index contributed by atoms with van der Waals surface area (Å²) >= 11 is 0. The van der Waals surface area contributed by atoms with Crippen LogP contribution in [0, 0.1) is 6.04 Å². The van der Waals surface area contributed by atoms with E-state index in [9.17, 15) is 0 Å². The van der Waals surface area contributed by atoms with Crippen LogP contribution in [0.25, 0.3) is 0 Å². The summed E-state index contributed by atoms with van der Waals surface area (Å²) in [6.45, 7) is 4.41. The fourth-order valence-corrected chi connectivity index (χ4v) is 3.00. The van der Waals surface area contributed by atoms with Crippen LogP contribution in [-0.2, 0) is 4.43 Å². The van der Waals surface area contributed by atoms with Gasteiger partial charge in [-0.3, -0.25) is 0 Å². The monoisotopic (exact) mass is 159 g/mol. The standard InChI is InChI=1S/C8H19OSi/c1-4-6-8-10(9-3)7-5-2/h7,10H,4-6,8H2,1-3H3. The van der Waals surface area contributed by atoms with E-state index in [0.717, 1.165) is 0 Å². The zero-order chi connectivity index (χ0) is 7.82. The van der Waals surface area contributed by atoms with Crippen LogP contribution in [0.2, 0.25) is 6.04 Å². The molecule has 0 rings (SSSR count). The van der Waals surface area contributed by atoms with Gasteiger partial charge in [0.1, 0.15) is 0 Å². The highest BCUT2D eigenvalue weighted by atomic mass is 28.3. The van der Waals surface area contributed by atoms with Crippen LogP contribution in [-0.4, -0.2) is 16.2 Å². The fraction of sp³-hybridized carbons (Fsp3) is 0.875. The van der Waals surface area contributed by atoms with Crippen molar-refractivity contribution in [2.75, 3.05) is 7.11 Å². The van der Waals surface area contributed by atoms with Crippen molar-refractivity contribution < 1.29 is 4.43 Å². The van der Waals surface area contributed by atoms with Gasteiger partial charge in [0.05, 0.1) is 0 Å². The molecule has 0 aliphatic rings. The number of hydrogen-bond donors (Lipinski definition) is 0. The summed E-state index contributed by atoms with van der Waals surface area (Å²) in [6, 6.07) is 3.69. The molecule has 0 saturated carbocycles. The van der Waals surface area contributed by atoms with Crippen molar-refractivity contribution in [3.63, 3.8) is 0 Å². The van der Waals surface area contributed by atoms with Crippen LogP contribution in [0.3, 0.4) is 0 Å². The molecule has 2 heteroatoms. The second kappa shape index (κ2) is 7.29. The largest absolute Gasteiger partial charge is 0.423 e. The van der Waals surface area contributed by atoms with Gasteiger partial charge in [-0.2, -0.15) is 0 Å². The quantitative estimate of drug-likeness (QED) is 0.540. The smallest absolute Gasteiger partial charge is 0.179 e. The Morgan fingerprint density at radius 3 is 2.50 bits per heavy atom. The van der Waals surface area contributed by atoms with Gasteiger partial charge >= 0.3 is 0 Å². The zero-order valence-corrected chi connectivity index (χ0v) is 8.55. The van der Waals surface area contributed by atoms with Crippen LogP contribution in [0.1, 0.15) is 33.1 Å². The Labute approximate surface area is 66.5 Å². The van der Waals surface area contributed by atoms with E-state index >= 15 is 0 Å². The lowest BCUT2D eigenvalue weighted by atomic mass is 10.4. The van der Waals surface area contributed by atoms with Crippen molar-refractivity contribution in [1.29, 1.82) is 0 Å². The van der Waals surface area contributed by atoms with Crippen molar-refractivity contribution in [3.05, 3.63) is 6.04 Å². The Bertz CT molecular complexity index is 66.3. The molecule has 0 aromatic carbocycles. The van der Waals surface area contributed by atoms with Gasteiger partial charge in [0.15, 0.2) is 9.04 Å². The number of unbranched alkanes of at least 4 members (excludes halogenated alkanes) is 1. The van der Waals surface area contributed by atoms with Gasteiger partial charge < -0.3 is 4.43 Å². The second-order valence-corrected chi connectivity index (χ2v) is 5.16. The Balaban J connectivity index is 3.21. The lowest BCUT2D eigenvalue weighted by Gasteiger charge is -2.10. The molecule has 0 saturated heterocycles. The number of rotatable bonds is 6. The molecule has 1 radical (unpaired) electrons. The molecule has 0 N–H and O–H groups in total. The normalized spacial score (nSPS) is 13.5. The van der Waals surface area contributed by atoms with Crippen molar-refractivity contribution >= 4 is 9.04 Å². The Hall–Kier alpha value is 0.177. The molecule has 0 fully saturated rings.